The molecular weight excluding hydrogens is 650 g/mol. The van der Waals surface area contributed by atoms with Crippen LogP contribution < -0.4 is 0 Å². The molecule has 0 N–H and O–H groups in total. The highest BCUT2D eigenvalue weighted by Gasteiger charge is 3.09. The van der Waals surface area contributed by atoms with E-state index in [1.165, 1.54) is 0 Å². The van der Waals surface area contributed by atoms with E-state index >= 15 is 0 Å². The average molecular weight is 650 g/mol. The highest BCUT2D eigenvalue weighted by atomic mass is 19.4. The van der Waals surface area contributed by atoms with Crippen LogP contribution in [0.25, 0.3) is 0 Å². The Labute approximate surface area is 192 Å². The standard InChI is InChI=1S/C13F26/c14-1(2(15,16)5(21,22)6(23,24)3(1,17)18)4(19,20)7(25,26)8(27,28)9(29,30)10(31,32)11(33,34)12(35,36)13(37,38)39. The van der Waals surface area contributed by atoms with Gasteiger partial charge < -0.3 is 0 Å². The van der Waals surface area contributed by atoms with Crippen LogP contribution in [0.15, 0.2) is 0 Å². The van der Waals surface area contributed by atoms with Crippen LogP contribution >= 0.6 is 0 Å². The van der Waals surface area contributed by atoms with Gasteiger partial charge in [-0.05, 0) is 0 Å². The van der Waals surface area contributed by atoms with Crippen LogP contribution in [0.3, 0.4) is 0 Å². The van der Waals surface area contributed by atoms with Crippen molar-refractivity contribution in [3.8, 4) is 0 Å². The summed E-state index contributed by atoms with van der Waals surface area (Å²) in [4.78, 5) is 0. The average Bonchev–Trinajstić information content (AvgIpc) is 2.74. The van der Waals surface area contributed by atoms with Gasteiger partial charge in [-0.1, -0.05) is 0 Å². The smallest absolute Gasteiger partial charge is 0.223 e. The Morgan fingerprint density at radius 2 is 0.462 bits per heavy atom. The summed E-state index contributed by atoms with van der Waals surface area (Å²) in [5.41, 5.74) is -9.24. The van der Waals surface area contributed by atoms with Gasteiger partial charge in [-0.3, -0.25) is 0 Å². The fourth-order valence-electron chi connectivity index (χ4n) is 2.80. The van der Waals surface area contributed by atoms with Crippen molar-refractivity contribution in [2.24, 2.45) is 0 Å². The van der Waals surface area contributed by atoms with E-state index in [-0.39, 0.29) is 0 Å². The molecule has 0 aromatic rings. The number of hydrogen-bond acceptors (Lipinski definition) is 0. The lowest BCUT2D eigenvalue weighted by Crippen LogP contribution is -2.79. The van der Waals surface area contributed by atoms with Crippen LogP contribution in [0.5, 0.6) is 0 Å². The zero-order chi connectivity index (χ0) is 32.5. The quantitative estimate of drug-likeness (QED) is 0.244. The molecule has 0 heterocycles. The van der Waals surface area contributed by atoms with Crippen LogP contribution in [-0.2, 0) is 0 Å². The molecule has 0 aromatic heterocycles. The topological polar surface area (TPSA) is 0 Å². The Morgan fingerprint density at radius 1 is 0.256 bits per heavy atom. The van der Waals surface area contributed by atoms with Gasteiger partial charge in [0.25, 0.3) is 0 Å². The highest BCUT2D eigenvalue weighted by Crippen LogP contribution is 2.76. The van der Waals surface area contributed by atoms with Gasteiger partial charge in [0.15, 0.2) is 0 Å². The fourth-order valence-corrected chi connectivity index (χ4v) is 2.80. The Balaban J connectivity index is 4.06. The molecule has 0 atom stereocenters. The van der Waals surface area contributed by atoms with E-state index in [4.69, 9.17) is 0 Å². The summed E-state index contributed by atoms with van der Waals surface area (Å²) in [6.45, 7) is 0. The third kappa shape index (κ3) is 3.19. The van der Waals surface area contributed by atoms with Gasteiger partial charge in [0.05, 0.1) is 0 Å². The van der Waals surface area contributed by atoms with Crippen molar-refractivity contribution in [3.63, 3.8) is 0 Å². The van der Waals surface area contributed by atoms with Gasteiger partial charge in [0.2, 0.25) is 0 Å². The molecule has 1 fully saturated rings. The van der Waals surface area contributed by atoms with Crippen molar-refractivity contribution in [1.82, 2.24) is 0 Å². The molecule has 39 heavy (non-hydrogen) atoms. The second-order valence-electron chi connectivity index (χ2n) is 7.47. The van der Waals surface area contributed by atoms with Crippen molar-refractivity contribution in [1.29, 1.82) is 0 Å². The maximum absolute atomic E-state index is 14.1. The van der Waals surface area contributed by atoms with Crippen LogP contribution in [-0.4, -0.2) is 77.0 Å². The van der Waals surface area contributed by atoms with E-state index in [0.717, 1.165) is 0 Å². The molecule has 0 nitrogen and oxygen atoms in total. The zero-order valence-electron chi connectivity index (χ0n) is 16.3. The molecule has 0 spiro atoms. The second kappa shape index (κ2) is 7.72. The monoisotopic (exact) mass is 650 g/mol. The summed E-state index contributed by atoms with van der Waals surface area (Å²) in [6.07, 6.45) is -8.20. The van der Waals surface area contributed by atoms with Gasteiger partial charge in [0, 0.05) is 0 Å². The minimum Gasteiger partial charge on any atom is -0.223 e. The van der Waals surface area contributed by atoms with E-state index in [1.54, 1.807) is 0 Å². The fraction of sp³-hybridized carbons (Fsp3) is 1.00. The molecule has 0 saturated heterocycles. The molecule has 1 aliphatic rings. The SMILES string of the molecule is FC(F)(F)C(F)(F)C(F)(F)C(F)(F)C(F)(F)C(F)(F)C(F)(F)C(F)(F)C1(F)C(F)(F)C(F)(F)C(F)(F)C1(F)F. The van der Waals surface area contributed by atoms with Crippen LogP contribution in [0, 0.1) is 0 Å². The van der Waals surface area contributed by atoms with E-state index in [2.05, 4.69) is 0 Å². The van der Waals surface area contributed by atoms with Crippen molar-refractivity contribution in [2.45, 2.75) is 77.0 Å². The largest absolute Gasteiger partial charge is 0.460 e. The van der Waals surface area contributed by atoms with E-state index in [1.807, 2.05) is 0 Å². The van der Waals surface area contributed by atoms with Crippen molar-refractivity contribution >= 4 is 0 Å². The first-order valence-electron chi connectivity index (χ1n) is 8.16. The molecule has 1 saturated carbocycles. The Morgan fingerprint density at radius 3 is 0.692 bits per heavy atom. The van der Waals surface area contributed by atoms with E-state index in [0.29, 0.717) is 0 Å². The molecule has 0 unspecified atom stereocenters. The van der Waals surface area contributed by atoms with Crippen LogP contribution in [0.4, 0.5) is 114 Å². The summed E-state index contributed by atoms with van der Waals surface area (Å²) < 4.78 is 342. The lowest BCUT2D eigenvalue weighted by Gasteiger charge is -2.46. The molecular formula is C13F26. The van der Waals surface area contributed by atoms with E-state index in [9.17, 15) is 114 Å². The minimum atomic E-state index is -9.73. The number of rotatable bonds is 7. The normalized spacial score (nSPS) is 24.2. The minimum absolute atomic E-state index is 8.20. The lowest BCUT2D eigenvalue weighted by molar-refractivity contribution is -0.473. The molecule has 1 rings (SSSR count). The third-order valence-corrected chi connectivity index (χ3v) is 5.20. The predicted molar refractivity (Wildman–Crippen MR) is 64.3 cm³/mol. The predicted octanol–water partition coefficient (Wildman–Crippen LogP) is 8.26. The number of halogens is 26. The third-order valence-electron chi connectivity index (χ3n) is 5.20. The summed E-state index contributed by atoms with van der Waals surface area (Å²) in [5.74, 6) is -100. The molecule has 26 heteroatoms. The molecule has 1 aliphatic carbocycles. The first-order valence-corrected chi connectivity index (χ1v) is 8.16. The van der Waals surface area contributed by atoms with Crippen molar-refractivity contribution < 1.29 is 114 Å². The Kier molecular flexibility index (Phi) is 6.97. The Hall–Kier alpha value is -1.82. The van der Waals surface area contributed by atoms with Gasteiger partial charge >= 0.3 is 77.0 Å². The molecule has 0 bridgehead atoms. The van der Waals surface area contributed by atoms with Gasteiger partial charge in [-0.2, -0.15) is 110 Å². The van der Waals surface area contributed by atoms with E-state index < -0.39 is 77.0 Å². The van der Waals surface area contributed by atoms with Crippen LogP contribution in [0.1, 0.15) is 0 Å². The first-order chi connectivity index (χ1) is 16.2. The highest BCUT2D eigenvalue weighted by molar-refractivity contribution is 5.34. The second-order valence-corrected chi connectivity index (χ2v) is 7.47. The Bertz CT molecular complexity index is 935. The molecule has 0 radical (unpaired) electrons. The van der Waals surface area contributed by atoms with Gasteiger partial charge in [-0.25, -0.2) is 4.39 Å². The zero-order valence-corrected chi connectivity index (χ0v) is 16.3. The van der Waals surface area contributed by atoms with Gasteiger partial charge in [0.1, 0.15) is 0 Å². The molecule has 234 valence electrons. The summed E-state index contributed by atoms with van der Waals surface area (Å²) in [6, 6.07) is 0. The summed E-state index contributed by atoms with van der Waals surface area (Å²) in [5, 5.41) is 0. The van der Waals surface area contributed by atoms with Gasteiger partial charge in [-0.15, -0.1) is 0 Å². The van der Waals surface area contributed by atoms with Crippen molar-refractivity contribution in [2.75, 3.05) is 0 Å². The number of hydrogen-bond donors (Lipinski definition) is 0. The summed E-state index contributed by atoms with van der Waals surface area (Å²) >= 11 is 0. The molecule has 0 aromatic carbocycles. The maximum Gasteiger partial charge on any atom is 0.460 e. The number of alkyl halides is 26. The molecule has 0 aliphatic heterocycles. The summed E-state index contributed by atoms with van der Waals surface area (Å²) in [7, 11) is 0. The first kappa shape index (κ1) is 35.2. The molecule has 0 amide bonds. The van der Waals surface area contributed by atoms with Crippen molar-refractivity contribution in [3.05, 3.63) is 0 Å². The van der Waals surface area contributed by atoms with Crippen LogP contribution in [0.2, 0.25) is 0 Å². The maximum atomic E-state index is 14.1. The lowest BCUT2D eigenvalue weighted by atomic mass is 9.80.